The molecule has 1 aliphatic carbocycles. The van der Waals surface area contributed by atoms with Crippen LogP contribution in [0.5, 0.6) is 11.5 Å². The summed E-state index contributed by atoms with van der Waals surface area (Å²) in [6.07, 6.45) is 7.86. The second-order valence-electron chi connectivity index (χ2n) is 12.0. The van der Waals surface area contributed by atoms with E-state index in [0.717, 1.165) is 67.4 Å². The van der Waals surface area contributed by atoms with Crippen LogP contribution in [0.25, 0.3) is 22.3 Å². The molecule has 1 amide bonds. The van der Waals surface area contributed by atoms with Crippen LogP contribution in [0.15, 0.2) is 170 Å². The molecule has 6 aromatic rings. The van der Waals surface area contributed by atoms with E-state index in [1.165, 1.54) is 0 Å². The van der Waals surface area contributed by atoms with E-state index in [-0.39, 0.29) is 11.8 Å². The molecule has 2 aliphatic heterocycles. The zero-order valence-corrected chi connectivity index (χ0v) is 25.0. The summed E-state index contributed by atoms with van der Waals surface area (Å²) < 4.78 is 6.62. The van der Waals surface area contributed by atoms with Crippen molar-refractivity contribution in [2.24, 2.45) is 5.92 Å². The molecule has 0 radical (unpaired) electrons. The Hall–Kier alpha value is -5.93. The van der Waals surface area contributed by atoms with Crippen LogP contribution < -0.4 is 9.64 Å². The third kappa shape index (κ3) is 3.82. The summed E-state index contributed by atoms with van der Waals surface area (Å²) in [7, 11) is 0. The minimum absolute atomic E-state index is 0.0240. The van der Waals surface area contributed by atoms with Crippen molar-refractivity contribution in [1.82, 2.24) is 0 Å². The molecule has 6 aromatic carbocycles. The molecule has 218 valence electrons. The van der Waals surface area contributed by atoms with E-state index in [2.05, 4.69) is 121 Å². The highest BCUT2D eigenvalue weighted by Crippen LogP contribution is 2.62. The number of carbonyl (C=O) groups is 1. The summed E-state index contributed by atoms with van der Waals surface area (Å²) in [6.45, 7) is 0. The van der Waals surface area contributed by atoms with Crippen LogP contribution in [-0.2, 0) is 10.2 Å². The number of fused-ring (bicyclic) bond motifs is 8. The zero-order valence-electron chi connectivity index (χ0n) is 25.0. The van der Waals surface area contributed by atoms with E-state index >= 15 is 0 Å². The monoisotopic (exact) mass is 591 g/mol. The van der Waals surface area contributed by atoms with Gasteiger partial charge in [0.15, 0.2) is 0 Å². The van der Waals surface area contributed by atoms with Crippen molar-refractivity contribution in [3.05, 3.63) is 192 Å². The molecular formula is C43H29NO2. The van der Waals surface area contributed by atoms with Gasteiger partial charge in [0.25, 0.3) is 0 Å². The van der Waals surface area contributed by atoms with E-state index in [4.69, 9.17) is 4.74 Å². The van der Waals surface area contributed by atoms with Gasteiger partial charge in [-0.15, -0.1) is 0 Å². The Balaban J connectivity index is 1.44. The van der Waals surface area contributed by atoms with Crippen LogP contribution in [0, 0.1) is 5.92 Å². The SMILES string of the molecule is O=C(C1C=CC=C1)N1c2ccc(-c3ccccc3)cc2C2(c3ccccc3Oc3ccccc32)c2cc(-c3ccccc3)ccc21. The van der Waals surface area contributed by atoms with Crippen LogP contribution in [0.3, 0.4) is 0 Å². The Bertz CT molecular complexity index is 2060. The van der Waals surface area contributed by atoms with Crippen molar-refractivity contribution in [3.63, 3.8) is 0 Å². The molecule has 0 N–H and O–H groups in total. The number of para-hydroxylation sites is 2. The molecule has 0 saturated carbocycles. The predicted molar refractivity (Wildman–Crippen MR) is 185 cm³/mol. The van der Waals surface area contributed by atoms with Gasteiger partial charge in [-0.1, -0.05) is 133 Å². The number of ether oxygens (including phenoxy) is 1. The minimum atomic E-state index is -0.760. The summed E-state index contributed by atoms with van der Waals surface area (Å²) in [4.78, 5) is 16.5. The van der Waals surface area contributed by atoms with E-state index in [0.29, 0.717) is 0 Å². The molecule has 9 rings (SSSR count). The normalized spacial score (nSPS) is 15.1. The molecule has 2 heterocycles. The van der Waals surface area contributed by atoms with Gasteiger partial charge in [0.05, 0.1) is 22.7 Å². The highest BCUT2D eigenvalue weighted by molar-refractivity contribution is 6.08. The number of carbonyl (C=O) groups excluding carboxylic acids is 1. The maximum Gasteiger partial charge on any atom is 0.242 e. The number of hydrogen-bond donors (Lipinski definition) is 0. The molecule has 3 heteroatoms. The number of anilines is 2. The number of amides is 1. The summed E-state index contributed by atoms with van der Waals surface area (Å²) in [5.74, 6) is 1.31. The topological polar surface area (TPSA) is 29.5 Å². The summed E-state index contributed by atoms with van der Waals surface area (Å²) in [5.41, 5.74) is 9.64. The fourth-order valence-corrected chi connectivity index (χ4v) is 7.52. The first kappa shape index (κ1) is 26.5. The van der Waals surface area contributed by atoms with Crippen LogP contribution in [0.1, 0.15) is 22.3 Å². The van der Waals surface area contributed by atoms with Gasteiger partial charge in [0, 0.05) is 11.1 Å². The van der Waals surface area contributed by atoms with Crippen LogP contribution in [0.2, 0.25) is 0 Å². The number of benzene rings is 6. The van der Waals surface area contributed by atoms with Gasteiger partial charge < -0.3 is 4.74 Å². The third-order valence-corrected chi connectivity index (χ3v) is 9.55. The molecule has 0 bridgehead atoms. The van der Waals surface area contributed by atoms with Crippen molar-refractivity contribution >= 4 is 17.3 Å². The highest BCUT2D eigenvalue weighted by atomic mass is 16.5. The minimum Gasteiger partial charge on any atom is -0.457 e. The largest absolute Gasteiger partial charge is 0.457 e. The number of hydrogen-bond acceptors (Lipinski definition) is 2. The number of allylic oxidation sites excluding steroid dienone is 2. The molecule has 0 atom stereocenters. The molecule has 0 fully saturated rings. The van der Waals surface area contributed by atoms with Crippen molar-refractivity contribution in [1.29, 1.82) is 0 Å². The summed E-state index contributed by atoms with van der Waals surface area (Å²) in [5, 5.41) is 0. The fraction of sp³-hybridized carbons (Fsp3) is 0.0465. The lowest BCUT2D eigenvalue weighted by Crippen LogP contribution is -2.43. The molecule has 1 spiro atoms. The lowest BCUT2D eigenvalue weighted by Gasteiger charge is -2.48. The number of nitrogens with zero attached hydrogens (tertiary/aromatic N) is 1. The average molecular weight is 592 g/mol. The van der Waals surface area contributed by atoms with Gasteiger partial charge in [-0.2, -0.15) is 0 Å². The second-order valence-corrected chi connectivity index (χ2v) is 12.0. The smallest absolute Gasteiger partial charge is 0.242 e. The van der Waals surface area contributed by atoms with Gasteiger partial charge in [-0.3, -0.25) is 9.69 Å². The average Bonchev–Trinajstić information content (AvgIpc) is 3.67. The number of rotatable bonds is 3. The first-order valence-corrected chi connectivity index (χ1v) is 15.7. The standard InChI is InChI=1S/C43H29NO2/c45-42(31-17-7-8-18-31)44-38-25-23-32(29-13-3-1-4-14-29)27-36(38)43(37-28-33(24-26-39(37)44)30-15-5-2-6-16-30)34-19-9-11-21-40(34)46-41-22-12-10-20-35(41)43/h1-28,31H. The second kappa shape index (κ2) is 10.3. The molecule has 0 unspecified atom stereocenters. The van der Waals surface area contributed by atoms with Crippen LogP contribution >= 0.6 is 0 Å². The Morgan fingerprint density at radius 1 is 0.500 bits per heavy atom. The van der Waals surface area contributed by atoms with Gasteiger partial charge in [0.2, 0.25) is 5.91 Å². The maximum atomic E-state index is 14.6. The third-order valence-electron chi connectivity index (χ3n) is 9.55. The zero-order chi connectivity index (χ0) is 30.7. The van der Waals surface area contributed by atoms with E-state index in [1.807, 2.05) is 53.5 Å². The van der Waals surface area contributed by atoms with Crippen molar-refractivity contribution in [2.75, 3.05) is 4.90 Å². The Kier molecular flexibility index (Phi) is 5.94. The van der Waals surface area contributed by atoms with Crippen molar-refractivity contribution in [3.8, 4) is 33.8 Å². The maximum absolute atomic E-state index is 14.6. The molecule has 46 heavy (non-hydrogen) atoms. The molecule has 3 aliphatic rings. The lowest BCUT2D eigenvalue weighted by molar-refractivity contribution is -0.119. The van der Waals surface area contributed by atoms with Crippen LogP contribution in [0.4, 0.5) is 11.4 Å². The predicted octanol–water partition coefficient (Wildman–Crippen LogP) is 10.2. The van der Waals surface area contributed by atoms with Crippen LogP contribution in [-0.4, -0.2) is 5.91 Å². The molecule has 0 aromatic heterocycles. The Labute approximate surface area is 268 Å². The van der Waals surface area contributed by atoms with Gasteiger partial charge in [-0.25, -0.2) is 0 Å². The van der Waals surface area contributed by atoms with E-state index in [9.17, 15) is 4.79 Å². The van der Waals surface area contributed by atoms with Crippen molar-refractivity contribution in [2.45, 2.75) is 5.41 Å². The first-order chi connectivity index (χ1) is 22.7. The van der Waals surface area contributed by atoms with Gasteiger partial charge >= 0.3 is 0 Å². The summed E-state index contributed by atoms with van der Waals surface area (Å²) >= 11 is 0. The van der Waals surface area contributed by atoms with Gasteiger partial charge in [0.1, 0.15) is 11.5 Å². The van der Waals surface area contributed by atoms with Gasteiger partial charge in [-0.05, 0) is 69.8 Å². The van der Waals surface area contributed by atoms with Crippen molar-refractivity contribution < 1.29 is 9.53 Å². The fourth-order valence-electron chi connectivity index (χ4n) is 7.52. The Morgan fingerprint density at radius 2 is 0.957 bits per heavy atom. The first-order valence-electron chi connectivity index (χ1n) is 15.7. The van der Waals surface area contributed by atoms with E-state index in [1.54, 1.807) is 0 Å². The Morgan fingerprint density at radius 3 is 1.46 bits per heavy atom. The molecular weight excluding hydrogens is 562 g/mol. The lowest BCUT2D eigenvalue weighted by atomic mass is 9.60. The molecule has 0 saturated heterocycles. The highest BCUT2D eigenvalue weighted by Gasteiger charge is 2.52. The molecule has 3 nitrogen and oxygen atoms in total. The summed E-state index contributed by atoms with van der Waals surface area (Å²) in [6, 6.07) is 50.8. The van der Waals surface area contributed by atoms with E-state index < -0.39 is 5.41 Å². The quantitative estimate of drug-likeness (QED) is 0.205.